The van der Waals surface area contributed by atoms with E-state index >= 15 is 0 Å². The van der Waals surface area contributed by atoms with Crippen molar-refractivity contribution in [2.45, 2.75) is 12.8 Å². The lowest BCUT2D eigenvalue weighted by Gasteiger charge is -2.01. The zero-order valence-corrected chi connectivity index (χ0v) is 8.77. The van der Waals surface area contributed by atoms with E-state index in [1.54, 1.807) is 0 Å². The molecular weight excluding hydrogens is 242 g/mol. The van der Waals surface area contributed by atoms with Gasteiger partial charge in [-0.3, -0.25) is 4.79 Å². The highest BCUT2D eigenvalue weighted by atomic mass is 16.9. The Morgan fingerprint density at radius 2 is 1.82 bits per heavy atom. The molecule has 0 saturated heterocycles. The van der Waals surface area contributed by atoms with Gasteiger partial charge in [-0.25, -0.2) is 0 Å². The fraction of sp³-hybridized carbons (Fsp3) is 0.833. The molecule has 11 heteroatoms. The molecule has 0 aromatic heterocycles. The molecule has 0 unspecified atom stereocenters. The normalized spacial score (nSPS) is 8.71. The summed E-state index contributed by atoms with van der Waals surface area (Å²) in [4.78, 5) is 32.1. The van der Waals surface area contributed by atoms with Crippen LogP contribution < -0.4 is 5.32 Å². The predicted octanol–water partition coefficient (Wildman–Crippen LogP) is -0.699. The minimum Gasteiger partial charge on any atom is -0.481 e. The molecule has 0 fully saturated rings. The molecule has 0 aliphatic carbocycles. The Bertz CT molecular complexity index is 223. The number of carboxylic acids is 1. The third kappa shape index (κ3) is 31.6. The first-order valence-electron chi connectivity index (χ1n) is 4.39. The first-order chi connectivity index (χ1) is 7.86. The maximum atomic E-state index is 10.0. The Hall–Kier alpha value is -2.17. The maximum Gasteiger partial charge on any atom is 0.304 e. The van der Waals surface area contributed by atoms with Crippen LogP contribution in [-0.4, -0.2) is 46.2 Å². The number of carboxylic acid groups (broad SMARTS) is 1. The van der Waals surface area contributed by atoms with Crippen LogP contribution in [-0.2, 0) is 9.63 Å². The fourth-order valence-corrected chi connectivity index (χ4v) is 0.657. The summed E-state index contributed by atoms with van der Waals surface area (Å²) >= 11 is 0. The molecule has 0 rings (SSSR count). The monoisotopic (exact) mass is 255 g/mol. The quantitative estimate of drug-likeness (QED) is 0.288. The van der Waals surface area contributed by atoms with Gasteiger partial charge in [-0.15, -0.1) is 20.2 Å². The molecule has 0 heterocycles. The van der Waals surface area contributed by atoms with Gasteiger partial charge in [-0.1, -0.05) is 0 Å². The van der Waals surface area contributed by atoms with Gasteiger partial charge in [0.2, 0.25) is 0 Å². The van der Waals surface area contributed by atoms with E-state index in [0.717, 1.165) is 0 Å². The van der Waals surface area contributed by atoms with Crippen molar-refractivity contribution in [1.82, 2.24) is 5.32 Å². The molecule has 3 N–H and O–H groups in total. The summed E-state index contributed by atoms with van der Waals surface area (Å²) in [6.45, 7) is 0.919. The smallest absolute Gasteiger partial charge is 0.304 e. The van der Waals surface area contributed by atoms with E-state index in [9.17, 15) is 14.9 Å². The molecule has 17 heavy (non-hydrogen) atoms. The van der Waals surface area contributed by atoms with Crippen LogP contribution in [0.15, 0.2) is 0 Å². The largest absolute Gasteiger partial charge is 0.481 e. The molecule has 0 amide bonds. The maximum absolute atomic E-state index is 10.0. The van der Waals surface area contributed by atoms with E-state index in [4.69, 9.17) is 20.4 Å². The first kappa shape index (κ1) is 17.2. The number of rotatable bonds is 8. The summed E-state index contributed by atoms with van der Waals surface area (Å²) in [5, 5.41) is 33.5. The number of hydrogen-bond donors (Lipinski definition) is 3. The minimum absolute atomic E-state index is 0.0348. The summed E-state index contributed by atoms with van der Waals surface area (Å²) in [5.41, 5.74) is 0. The van der Waals surface area contributed by atoms with Crippen molar-refractivity contribution in [3.05, 3.63) is 20.2 Å². The van der Waals surface area contributed by atoms with E-state index < -0.39 is 16.1 Å². The minimum atomic E-state index is -1.50. The van der Waals surface area contributed by atoms with Gasteiger partial charge in [-0.2, -0.15) is 0 Å². The number of hydrogen-bond acceptors (Lipinski definition) is 7. The van der Waals surface area contributed by atoms with E-state index in [-0.39, 0.29) is 13.0 Å². The molecule has 11 nitrogen and oxygen atoms in total. The van der Waals surface area contributed by atoms with Crippen molar-refractivity contribution in [3.8, 4) is 0 Å². The van der Waals surface area contributed by atoms with Crippen molar-refractivity contribution >= 4 is 5.97 Å². The standard InChI is InChI=1S/C6H12N2O5.HNO3/c9-6(10)2-4-7-3-1-5-13-8(11)12;2-1(3)4/h7H,1-5H2,(H,9,10);(H,2,3,4). The third-order valence-electron chi connectivity index (χ3n) is 1.21. The van der Waals surface area contributed by atoms with Crippen LogP contribution in [0.5, 0.6) is 0 Å². The lowest BCUT2D eigenvalue weighted by Crippen LogP contribution is -2.20. The second-order valence-corrected chi connectivity index (χ2v) is 2.54. The molecule has 0 aliphatic heterocycles. The second-order valence-electron chi connectivity index (χ2n) is 2.54. The number of aliphatic carboxylic acids is 1. The summed E-state index contributed by atoms with van der Waals surface area (Å²) in [6.07, 6.45) is 0.538. The van der Waals surface area contributed by atoms with Crippen LogP contribution >= 0.6 is 0 Å². The van der Waals surface area contributed by atoms with Crippen molar-refractivity contribution in [2.75, 3.05) is 19.7 Å². The van der Waals surface area contributed by atoms with Gasteiger partial charge < -0.3 is 20.5 Å². The van der Waals surface area contributed by atoms with Crippen molar-refractivity contribution in [2.24, 2.45) is 0 Å². The zero-order chi connectivity index (χ0) is 13.7. The SMILES string of the molecule is O=C(O)CCNCCCO[N+](=O)[O-].O=[N+]([O-])O. The van der Waals surface area contributed by atoms with Gasteiger partial charge in [0.1, 0.15) is 0 Å². The topological polar surface area (TPSA) is 165 Å². The van der Waals surface area contributed by atoms with Crippen LogP contribution in [0.25, 0.3) is 0 Å². The van der Waals surface area contributed by atoms with Crippen LogP contribution in [0.1, 0.15) is 12.8 Å². The van der Waals surface area contributed by atoms with Gasteiger partial charge in [0, 0.05) is 6.54 Å². The Morgan fingerprint density at radius 3 is 2.24 bits per heavy atom. The third-order valence-corrected chi connectivity index (χ3v) is 1.21. The lowest BCUT2D eigenvalue weighted by atomic mass is 10.4. The van der Waals surface area contributed by atoms with Gasteiger partial charge in [0.25, 0.3) is 10.2 Å². The average Bonchev–Trinajstić information content (AvgIpc) is 2.14. The molecule has 0 aromatic carbocycles. The highest BCUT2D eigenvalue weighted by Gasteiger charge is 1.96. The Balaban J connectivity index is 0. The molecule has 100 valence electrons. The molecule has 0 spiro atoms. The lowest BCUT2D eigenvalue weighted by molar-refractivity contribution is -0.757. The van der Waals surface area contributed by atoms with E-state index in [1.165, 1.54) is 0 Å². The average molecular weight is 255 g/mol. The van der Waals surface area contributed by atoms with Crippen molar-refractivity contribution < 1.29 is 30.1 Å². The molecule has 0 radical (unpaired) electrons. The molecule has 0 aliphatic rings. The van der Waals surface area contributed by atoms with E-state index in [2.05, 4.69) is 10.2 Å². The molecular formula is C6H13N3O8. The molecule has 0 aromatic rings. The van der Waals surface area contributed by atoms with Gasteiger partial charge in [0.05, 0.1) is 13.0 Å². The van der Waals surface area contributed by atoms with Crippen LogP contribution in [0, 0.1) is 20.2 Å². The highest BCUT2D eigenvalue weighted by Crippen LogP contribution is 1.82. The van der Waals surface area contributed by atoms with Crippen LogP contribution in [0.4, 0.5) is 0 Å². The Morgan fingerprint density at radius 1 is 1.29 bits per heavy atom. The second kappa shape index (κ2) is 11.9. The fourth-order valence-electron chi connectivity index (χ4n) is 0.657. The number of nitrogens with zero attached hydrogens (tertiary/aromatic N) is 2. The predicted molar refractivity (Wildman–Crippen MR) is 51.5 cm³/mol. The van der Waals surface area contributed by atoms with Crippen LogP contribution in [0.3, 0.4) is 0 Å². The molecule has 0 atom stereocenters. The molecule has 0 bridgehead atoms. The van der Waals surface area contributed by atoms with Crippen molar-refractivity contribution in [3.63, 3.8) is 0 Å². The van der Waals surface area contributed by atoms with Gasteiger partial charge in [0.15, 0.2) is 0 Å². The molecule has 0 saturated carbocycles. The first-order valence-corrected chi connectivity index (χ1v) is 4.39. The van der Waals surface area contributed by atoms with E-state index in [0.29, 0.717) is 19.5 Å². The summed E-state index contributed by atoms with van der Waals surface area (Å²) in [7, 11) is 0. The number of carbonyl (C=O) groups is 1. The van der Waals surface area contributed by atoms with Gasteiger partial charge in [-0.05, 0) is 13.0 Å². The van der Waals surface area contributed by atoms with Crippen LogP contribution in [0.2, 0.25) is 0 Å². The number of nitrogens with one attached hydrogen (secondary N) is 1. The summed E-state index contributed by atoms with van der Waals surface area (Å²) in [6, 6.07) is 0. The van der Waals surface area contributed by atoms with E-state index in [1.807, 2.05) is 0 Å². The summed E-state index contributed by atoms with van der Waals surface area (Å²) in [5.74, 6) is -0.867. The zero-order valence-electron chi connectivity index (χ0n) is 8.77. The Labute approximate surface area is 95.2 Å². The Kier molecular flexibility index (Phi) is 12.1. The van der Waals surface area contributed by atoms with Gasteiger partial charge >= 0.3 is 5.97 Å². The highest BCUT2D eigenvalue weighted by molar-refractivity contribution is 5.66. The summed E-state index contributed by atoms with van der Waals surface area (Å²) < 4.78 is 0. The van der Waals surface area contributed by atoms with Crippen molar-refractivity contribution in [1.29, 1.82) is 0 Å².